The summed E-state index contributed by atoms with van der Waals surface area (Å²) in [4.78, 5) is 23.2. The Hall–Kier alpha value is -0.610. The number of halogens is 1. The molecule has 0 aromatic heterocycles. The summed E-state index contributed by atoms with van der Waals surface area (Å²) in [6, 6.07) is 0. The molecular formula is C20H38IN5O2. The predicted octanol–water partition coefficient (Wildman–Crippen LogP) is 1.63. The van der Waals surface area contributed by atoms with Gasteiger partial charge in [-0.2, -0.15) is 0 Å². The Morgan fingerprint density at radius 1 is 1.14 bits per heavy atom. The molecule has 0 spiro atoms. The third-order valence-corrected chi connectivity index (χ3v) is 5.93. The van der Waals surface area contributed by atoms with Gasteiger partial charge >= 0.3 is 0 Å². The van der Waals surface area contributed by atoms with Crippen molar-refractivity contribution < 1.29 is 9.53 Å². The Morgan fingerprint density at radius 2 is 1.93 bits per heavy atom. The van der Waals surface area contributed by atoms with E-state index in [9.17, 15) is 4.79 Å². The number of hydrogen-bond acceptors (Lipinski definition) is 4. The van der Waals surface area contributed by atoms with Gasteiger partial charge in [0.05, 0.1) is 6.10 Å². The quantitative estimate of drug-likeness (QED) is 0.337. The molecule has 0 aliphatic carbocycles. The van der Waals surface area contributed by atoms with Crippen LogP contribution in [0, 0.1) is 5.92 Å². The first-order chi connectivity index (χ1) is 13.1. The molecule has 1 N–H and O–H groups in total. The first-order valence-corrected chi connectivity index (χ1v) is 10.7. The van der Waals surface area contributed by atoms with Gasteiger partial charge in [0, 0.05) is 46.9 Å². The molecule has 3 rings (SSSR count). The van der Waals surface area contributed by atoms with Gasteiger partial charge in [0.25, 0.3) is 0 Å². The molecule has 162 valence electrons. The maximum atomic E-state index is 12.0. The summed E-state index contributed by atoms with van der Waals surface area (Å²) in [5.74, 6) is 1.62. The fraction of sp³-hybridized carbons (Fsp3) is 0.900. The largest absolute Gasteiger partial charge is 0.376 e. The zero-order valence-electron chi connectivity index (χ0n) is 17.6. The monoisotopic (exact) mass is 507 g/mol. The van der Waals surface area contributed by atoms with Gasteiger partial charge in [-0.15, -0.1) is 24.0 Å². The van der Waals surface area contributed by atoms with E-state index in [4.69, 9.17) is 4.74 Å². The molecule has 8 heteroatoms. The summed E-state index contributed by atoms with van der Waals surface area (Å²) < 4.78 is 5.85. The molecule has 3 aliphatic heterocycles. The maximum absolute atomic E-state index is 12.0. The van der Waals surface area contributed by atoms with E-state index in [1.54, 1.807) is 19.0 Å². The van der Waals surface area contributed by atoms with Crippen LogP contribution >= 0.6 is 24.0 Å². The Morgan fingerprint density at radius 3 is 2.61 bits per heavy atom. The Labute approximate surface area is 187 Å². The molecule has 0 aromatic rings. The number of guanidine groups is 1. The number of hydrogen-bond donors (Lipinski definition) is 1. The van der Waals surface area contributed by atoms with Gasteiger partial charge in [0.2, 0.25) is 5.91 Å². The highest BCUT2D eigenvalue weighted by atomic mass is 127. The number of ether oxygens (including phenoxy) is 1. The molecule has 7 nitrogen and oxygen atoms in total. The fourth-order valence-electron chi connectivity index (χ4n) is 4.23. The first kappa shape index (κ1) is 23.7. The SMILES string of the molecule is CN(C)C(=O)CN=C(NCC1CCCCO1)N1CCC(CN2CCCC2)C1.I. The molecule has 1 amide bonds. The molecule has 3 fully saturated rings. The molecule has 0 radical (unpaired) electrons. The summed E-state index contributed by atoms with van der Waals surface area (Å²) in [5.41, 5.74) is 0. The summed E-state index contributed by atoms with van der Waals surface area (Å²) in [7, 11) is 3.56. The molecule has 28 heavy (non-hydrogen) atoms. The van der Waals surface area contributed by atoms with Crippen LogP contribution in [0.15, 0.2) is 4.99 Å². The van der Waals surface area contributed by atoms with Crippen molar-refractivity contribution in [2.75, 3.05) is 66.5 Å². The highest BCUT2D eigenvalue weighted by Crippen LogP contribution is 2.20. The van der Waals surface area contributed by atoms with E-state index >= 15 is 0 Å². The number of amides is 1. The lowest BCUT2D eigenvalue weighted by atomic mass is 10.1. The third kappa shape index (κ3) is 7.33. The summed E-state index contributed by atoms with van der Waals surface area (Å²) >= 11 is 0. The topological polar surface area (TPSA) is 60.4 Å². The van der Waals surface area contributed by atoms with Crippen molar-refractivity contribution in [1.29, 1.82) is 0 Å². The van der Waals surface area contributed by atoms with Crippen molar-refractivity contribution in [1.82, 2.24) is 20.0 Å². The van der Waals surface area contributed by atoms with Crippen molar-refractivity contribution in [3.8, 4) is 0 Å². The van der Waals surface area contributed by atoms with Crippen molar-refractivity contribution in [3.05, 3.63) is 0 Å². The molecule has 3 aliphatic rings. The lowest BCUT2D eigenvalue weighted by Crippen LogP contribution is -2.45. The normalized spacial score (nSPS) is 26.2. The second-order valence-corrected chi connectivity index (χ2v) is 8.41. The third-order valence-electron chi connectivity index (χ3n) is 5.93. The lowest BCUT2D eigenvalue weighted by molar-refractivity contribution is -0.127. The van der Waals surface area contributed by atoms with Crippen LogP contribution < -0.4 is 5.32 Å². The van der Waals surface area contributed by atoms with Gasteiger partial charge in [-0.3, -0.25) is 4.79 Å². The molecule has 3 heterocycles. The molecule has 2 atom stereocenters. The van der Waals surface area contributed by atoms with Crippen LogP contribution in [-0.2, 0) is 9.53 Å². The van der Waals surface area contributed by atoms with Gasteiger partial charge in [-0.05, 0) is 57.5 Å². The van der Waals surface area contributed by atoms with Crippen LogP contribution in [0.4, 0.5) is 0 Å². The van der Waals surface area contributed by atoms with E-state index in [2.05, 4.69) is 20.1 Å². The van der Waals surface area contributed by atoms with E-state index in [0.29, 0.717) is 5.92 Å². The smallest absolute Gasteiger partial charge is 0.243 e. The van der Waals surface area contributed by atoms with E-state index in [-0.39, 0.29) is 42.5 Å². The predicted molar refractivity (Wildman–Crippen MR) is 123 cm³/mol. The van der Waals surface area contributed by atoms with E-state index < -0.39 is 0 Å². The average Bonchev–Trinajstić information content (AvgIpc) is 3.35. The van der Waals surface area contributed by atoms with Crippen molar-refractivity contribution in [2.45, 2.75) is 44.6 Å². The number of carbonyl (C=O) groups excluding carboxylic acids is 1. The first-order valence-electron chi connectivity index (χ1n) is 10.7. The second-order valence-electron chi connectivity index (χ2n) is 8.41. The van der Waals surface area contributed by atoms with Gasteiger partial charge in [0.15, 0.2) is 5.96 Å². The number of likely N-dealkylation sites (N-methyl/N-ethyl adjacent to an activating group) is 1. The number of carbonyl (C=O) groups is 1. The second kappa shape index (κ2) is 12.2. The summed E-state index contributed by atoms with van der Waals surface area (Å²) in [6.45, 7) is 7.61. The zero-order chi connectivity index (χ0) is 19.1. The summed E-state index contributed by atoms with van der Waals surface area (Å²) in [5, 5.41) is 3.51. The van der Waals surface area contributed by atoms with Crippen molar-refractivity contribution in [2.24, 2.45) is 10.9 Å². The number of likely N-dealkylation sites (tertiary alicyclic amines) is 2. The Balaban J connectivity index is 0.00000280. The fourth-order valence-corrected chi connectivity index (χ4v) is 4.23. The maximum Gasteiger partial charge on any atom is 0.243 e. The van der Waals surface area contributed by atoms with E-state index in [0.717, 1.165) is 38.6 Å². The van der Waals surface area contributed by atoms with Gasteiger partial charge in [0.1, 0.15) is 6.54 Å². The number of nitrogens with zero attached hydrogens (tertiary/aromatic N) is 4. The molecule has 0 aromatic carbocycles. The van der Waals surface area contributed by atoms with Gasteiger partial charge < -0.3 is 24.8 Å². The Bertz CT molecular complexity index is 505. The minimum absolute atomic E-state index is 0. The average molecular weight is 507 g/mol. The number of rotatable bonds is 6. The van der Waals surface area contributed by atoms with E-state index in [1.165, 1.54) is 51.7 Å². The van der Waals surface area contributed by atoms with Crippen molar-refractivity contribution in [3.63, 3.8) is 0 Å². The minimum atomic E-state index is 0. The highest BCUT2D eigenvalue weighted by Gasteiger charge is 2.28. The molecule has 3 saturated heterocycles. The van der Waals surface area contributed by atoms with Crippen molar-refractivity contribution >= 4 is 35.8 Å². The van der Waals surface area contributed by atoms with Gasteiger partial charge in [-0.25, -0.2) is 4.99 Å². The Kier molecular flexibility index (Phi) is 10.3. The molecule has 0 saturated carbocycles. The number of aliphatic imine (C=N–C) groups is 1. The van der Waals surface area contributed by atoms with Crippen LogP contribution in [0.2, 0.25) is 0 Å². The van der Waals surface area contributed by atoms with Crippen LogP contribution in [0.1, 0.15) is 38.5 Å². The number of nitrogens with one attached hydrogen (secondary N) is 1. The van der Waals surface area contributed by atoms with Crippen LogP contribution in [0.5, 0.6) is 0 Å². The van der Waals surface area contributed by atoms with Crippen LogP contribution in [0.25, 0.3) is 0 Å². The van der Waals surface area contributed by atoms with Gasteiger partial charge in [-0.1, -0.05) is 0 Å². The zero-order valence-corrected chi connectivity index (χ0v) is 19.9. The molecule has 0 bridgehead atoms. The molecule has 2 unspecified atom stereocenters. The molecular weight excluding hydrogens is 469 g/mol. The standard InChI is InChI=1S/C20H37N5O2.HI/c1-23(2)19(26)14-22-20(21-13-18-7-3-6-12-27-18)25-11-8-17(16-25)15-24-9-4-5-10-24;/h17-18H,3-16H2,1-2H3,(H,21,22);1H. The van der Waals surface area contributed by atoms with Crippen LogP contribution in [-0.4, -0.2) is 99.2 Å². The van der Waals surface area contributed by atoms with E-state index in [1.807, 2.05) is 0 Å². The van der Waals surface area contributed by atoms with Crippen LogP contribution in [0.3, 0.4) is 0 Å². The lowest BCUT2D eigenvalue weighted by Gasteiger charge is -2.27. The highest BCUT2D eigenvalue weighted by molar-refractivity contribution is 14.0. The summed E-state index contributed by atoms with van der Waals surface area (Å²) in [6.07, 6.45) is 7.67. The minimum Gasteiger partial charge on any atom is -0.376 e.